The van der Waals surface area contributed by atoms with Crippen LogP contribution in [0.3, 0.4) is 0 Å². The second-order valence-corrected chi connectivity index (χ2v) is 5.21. The van der Waals surface area contributed by atoms with E-state index in [0.717, 1.165) is 0 Å². The van der Waals surface area contributed by atoms with Crippen molar-refractivity contribution in [2.45, 2.75) is 32.5 Å². The van der Waals surface area contributed by atoms with Crippen molar-refractivity contribution in [1.29, 1.82) is 0 Å². The van der Waals surface area contributed by atoms with Crippen LogP contribution in [0.1, 0.15) is 19.4 Å². The molecule has 0 aliphatic carbocycles. The smallest absolute Gasteiger partial charge is 0.200 e. The highest BCUT2D eigenvalue weighted by Gasteiger charge is 2.28. The molecule has 0 bridgehead atoms. The molecule has 1 aliphatic rings. The molecule has 1 aromatic carbocycles. The third-order valence-corrected chi connectivity index (χ3v) is 3.32. The van der Waals surface area contributed by atoms with Crippen molar-refractivity contribution in [1.82, 2.24) is 10.2 Å². The van der Waals surface area contributed by atoms with Gasteiger partial charge in [-0.3, -0.25) is 4.90 Å². The summed E-state index contributed by atoms with van der Waals surface area (Å²) < 4.78 is 66.4. The fraction of sp³-hybridized carbons (Fsp3) is 0.538. The van der Waals surface area contributed by atoms with E-state index >= 15 is 0 Å². The molecule has 20 heavy (non-hydrogen) atoms. The van der Waals surface area contributed by atoms with Gasteiger partial charge >= 0.3 is 0 Å². The molecule has 1 saturated heterocycles. The van der Waals surface area contributed by atoms with E-state index in [0.29, 0.717) is 13.1 Å². The van der Waals surface area contributed by atoms with E-state index in [1.807, 2.05) is 13.8 Å². The fourth-order valence-electron chi connectivity index (χ4n) is 2.58. The Bertz CT molecular complexity index is 481. The Morgan fingerprint density at radius 1 is 0.850 bits per heavy atom. The average molecular weight is 294 g/mol. The Hall–Kier alpha value is -1.21. The number of piperazine rings is 1. The van der Waals surface area contributed by atoms with Gasteiger partial charge in [-0.15, -0.1) is 0 Å². The van der Waals surface area contributed by atoms with Crippen LogP contribution < -0.4 is 5.32 Å². The highest BCUT2D eigenvalue weighted by molar-refractivity contribution is 5.24. The van der Waals surface area contributed by atoms with Crippen LogP contribution in [0.25, 0.3) is 0 Å². The summed E-state index contributed by atoms with van der Waals surface area (Å²) in [5.41, 5.74) is -0.775. The monoisotopic (exact) mass is 294 g/mol. The van der Waals surface area contributed by atoms with Crippen LogP contribution in [0.2, 0.25) is 0 Å². The molecule has 1 fully saturated rings. The standard InChI is InChI=1S/C13H15F5N2/c1-6-3-20(4-7(2)19-6)5-8-9(14)11(16)13(18)12(17)10(8)15/h6-7,19H,3-5H2,1-2H3. The first-order valence-corrected chi connectivity index (χ1v) is 6.30. The Morgan fingerprint density at radius 2 is 1.25 bits per heavy atom. The zero-order valence-electron chi connectivity index (χ0n) is 11.1. The third-order valence-electron chi connectivity index (χ3n) is 3.32. The highest BCUT2D eigenvalue weighted by Crippen LogP contribution is 2.24. The molecule has 1 aliphatic heterocycles. The highest BCUT2D eigenvalue weighted by atomic mass is 19.2. The third kappa shape index (κ3) is 2.78. The summed E-state index contributed by atoms with van der Waals surface area (Å²) in [6, 6.07) is 0.167. The van der Waals surface area contributed by atoms with Gasteiger partial charge in [0.2, 0.25) is 5.82 Å². The topological polar surface area (TPSA) is 15.3 Å². The van der Waals surface area contributed by atoms with E-state index in [2.05, 4.69) is 5.32 Å². The van der Waals surface area contributed by atoms with E-state index in [1.54, 1.807) is 4.90 Å². The lowest BCUT2D eigenvalue weighted by Gasteiger charge is -2.36. The lowest BCUT2D eigenvalue weighted by atomic mass is 10.1. The van der Waals surface area contributed by atoms with Gasteiger partial charge in [0.1, 0.15) is 0 Å². The van der Waals surface area contributed by atoms with Crippen molar-refractivity contribution < 1.29 is 22.0 Å². The maximum absolute atomic E-state index is 13.6. The van der Waals surface area contributed by atoms with Crippen molar-refractivity contribution in [2.75, 3.05) is 13.1 Å². The summed E-state index contributed by atoms with van der Waals surface area (Å²) >= 11 is 0. The van der Waals surface area contributed by atoms with Crippen LogP contribution in [0, 0.1) is 29.1 Å². The maximum atomic E-state index is 13.6. The second-order valence-electron chi connectivity index (χ2n) is 5.21. The minimum absolute atomic E-state index is 0.0833. The molecule has 112 valence electrons. The first kappa shape index (κ1) is 15.2. The van der Waals surface area contributed by atoms with Crippen LogP contribution >= 0.6 is 0 Å². The molecular weight excluding hydrogens is 279 g/mol. The first-order chi connectivity index (χ1) is 9.31. The zero-order chi connectivity index (χ0) is 15.0. The van der Waals surface area contributed by atoms with Crippen molar-refractivity contribution in [3.8, 4) is 0 Å². The normalized spacial score (nSPS) is 24.1. The van der Waals surface area contributed by atoms with E-state index < -0.39 is 34.6 Å². The zero-order valence-corrected chi connectivity index (χ0v) is 11.1. The number of nitrogens with zero attached hydrogens (tertiary/aromatic N) is 1. The van der Waals surface area contributed by atoms with Crippen LogP contribution in [-0.4, -0.2) is 30.1 Å². The van der Waals surface area contributed by atoms with Crippen molar-refractivity contribution >= 4 is 0 Å². The SMILES string of the molecule is CC1CN(Cc2c(F)c(F)c(F)c(F)c2F)CC(C)N1. The molecule has 1 N–H and O–H groups in total. The molecule has 0 spiro atoms. The van der Waals surface area contributed by atoms with Gasteiger partial charge in [0.15, 0.2) is 23.3 Å². The molecule has 2 nitrogen and oxygen atoms in total. The van der Waals surface area contributed by atoms with Gasteiger partial charge in [0.25, 0.3) is 0 Å². The van der Waals surface area contributed by atoms with Gasteiger partial charge in [-0.1, -0.05) is 0 Å². The summed E-state index contributed by atoms with van der Waals surface area (Å²) in [5, 5.41) is 3.22. The Kier molecular flexibility index (Phi) is 4.29. The first-order valence-electron chi connectivity index (χ1n) is 6.30. The molecule has 0 amide bonds. The number of benzene rings is 1. The van der Waals surface area contributed by atoms with Gasteiger partial charge in [-0.05, 0) is 13.8 Å². The summed E-state index contributed by atoms with van der Waals surface area (Å²) in [6.07, 6.45) is 0. The van der Waals surface area contributed by atoms with Crippen LogP contribution in [0.5, 0.6) is 0 Å². The van der Waals surface area contributed by atoms with Crippen LogP contribution in [0.15, 0.2) is 0 Å². The molecule has 2 rings (SSSR count). The quantitative estimate of drug-likeness (QED) is 0.512. The molecule has 1 aromatic rings. The van der Waals surface area contributed by atoms with Gasteiger partial charge in [-0.25, -0.2) is 22.0 Å². The molecule has 0 radical (unpaired) electrons. The number of rotatable bonds is 2. The molecule has 0 saturated carbocycles. The average Bonchev–Trinajstić information content (AvgIpc) is 2.38. The molecule has 2 unspecified atom stereocenters. The van der Waals surface area contributed by atoms with Gasteiger partial charge in [0, 0.05) is 37.3 Å². The number of nitrogens with one attached hydrogen (secondary N) is 1. The van der Waals surface area contributed by atoms with E-state index in [9.17, 15) is 22.0 Å². The molecule has 0 aromatic heterocycles. The van der Waals surface area contributed by atoms with Gasteiger partial charge < -0.3 is 5.32 Å². The Labute approximate surface area is 113 Å². The lowest BCUT2D eigenvalue weighted by Crippen LogP contribution is -2.53. The van der Waals surface area contributed by atoms with E-state index in [4.69, 9.17) is 0 Å². The molecule has 1 heterocycles. The predicted molar refractivity (Wildman–Crippen MR) is 63.6 cm³/mol. The van der Waals surface area contributed by atoms with Crippen molar-refractivity contribution in [2.24, 2.45) is 0 Å². The van der Waals surface area contributed by atoms with Crippen molar-refractivity contribution in [3.05, 3.63) is 34.6 Å². The summed E-state index contributed by atoms with van der Waals surface area (Å²) in [7, 11) is 0. The summed E-state index contributed by atoms with van der Waals surface area (Å²) in [5.74, 6) is -9.41. The number of halogens is 5. The fourth-order valence-corrected chi connectivity index (χ4v) is 2.58. The molecule has 7 heteroatoms. The summed E-state index contributed by atoms with van der Waals surface area (Å²) in [4.78, 5) is 1.67. The van der Waals surface area contributed by atoms with Gasteiger partial charge in [0.05, 0.1) is 0 Å². The van der Waals surface area contributed by atoms with Crippen LogP contribution in [-0.2, 0) is 6.54 Å². The number of hydrogen-bond donors (Lipinski definition) is 1. The Morgan fingerprint density at radius 3 is 1.70 bits per heavy atom. The largest absolute Gasteiger partial charge is 0.309 e. The van der Waals surface area contributed by atoms with E-state index in [-0.39, 0.29) is 18.6 Å². The maximum Gasteiger partial charge on any atom is 0.200 e. The van der Waals surface area contributed by atoms with Crippen LogP contribution in [0.4, 0.5) is 22.0 Å². The Balaban J connectivity index is 2.30. The second kappa shape index (κ2) is 5.65. The van der Waals surface area contributed by atoms with E-state index in [1.165, 1.54) is 0 Å². The lowest BCUT2D eigenvalue weighted by molar-refractivity contribution is 0.161. The molecule has 2 atom stereocenters. The minimum atomic E-state index is -2.12. The predicted octanol–water partition coefficient (Wildman–Crippen LogP) is 2.56. The van der Waals surface area contributed by atoms with Gasteiger partial charge in [-0.2, -0.15) is 0 Å². The number of hydrogen-bond acceptors (Lipinski definition) is 2. The van der Waals surface area contributed by atoms with Crippen molar-refractivity contribution in [3.63, 3.8) is 0 Å². The molecular formula is C13H15F5N2. The summed E-state index contributed by atoms with van der Waals surface area (Å²) in [6.45, 7) is 4.43. The minimum Gasteiger partial charge on any atom is -0.309 e.